The largest absolute Gasteiger partial charge is 0.314 e. The first kappa shape index (κ1) is 15.1. The molecule has 116 valence electrons. The molecule has 0 saturated heterocycles. The van der Waals surface area contributed by atoms with E-state index in [1.165, 1.54) is 56.3 Å². The average Bonchev–Trinajstić information content (AvgIpc) is 3.36. The molecule has 21 heavy (non-hydrogen) atoms. The van der Waals surface area contributed by atoms with Gasteiger partial charge in [-0.25, -0.2) is 0 Å². The summed E-state index contributed by atoms with van der Waals surface area (Å²) < 4.78 is 0. The van der Waals surface area contributed by atoms with Crippen molar-refractivity contribution in [3.63, 3.8) is 0 Å². The topological polar surface area (TPSA) is 15.3 Å². The van der Waals surface area contributed by atoms with E-state index in [1.54, 1.807) is 0 Å². The lowest BCUT2D eigenvalue weighted by molar-refractivity contribution is 0.255. The predicted octanol–water partition coefficient (Wildman–Crippen LogP) is 3.60. The maximum atomic E-state index is 3.59. The van der Waals surface area contributed by atoms with Gasteiger partial charge in [0.05, 0.1) is 0 Å². The minimum atomic E-state index is 0.828. The zero-order valence-electron chi connectivity index (χ0n) is 13.5. The second-order valence-electron chi connectivity index (χ2n) is 6.97. The van der Waals surface area contributed by atoms with Gasteiger partial charge in [0.15, 0.2) is 0 Å². The quantitative estimate of drug-likeness (QED) is 0.707. The maximum Gasteiger partial charge on any atom is 0.0233 e. The van der Waals surface area contributed by atoms with Crippen molar-refractivity contribution >= 4 is 0 Å². The van der Waals surface area contributed by atoms with Crippen LogP contribution in [-0.4, -0.2) is 30.6 Å². The predicted molar refractivity (Wildman–Crippen MR) is 89.5 cm³/mol. The van der Waals surface area contributed by atoms with Crippen molar-refractivity contribution in [1.29, 1.82) is 0 Å². The fourth-order valence-corrected chi connectivity index (χ4v) is 2.99. The van der Waals surface area contributed by atoms with E-state index < -0.39 is 0 Å². The summed E-state index contributed by atoms with van der Waals surface area (Å²) in [6, 6.07) is 10.1. The summed E-state index contributed by atoms with van der Waals surface area (Å²) in [6.45, 7) is 7.10. The van der Waals surface area contributed by atoms with Crippen molar-refractivity contribution in [1.82, 2.24) is 10.2 Å². The second-order valence-corrected chi connectivity index (χ2v) is 6.97. The van der Waals surface area contributed by atoms with E-state index in [9.17, 15) is 0 Å². The van der Waals surface area contributed by atoms with Crippen LogP contribution < -0.4 is 5.32 Å². The molecule has 1 aromatic carbocycles. The summed E-state index contributed by atoms with van der Waals surface area (Å²) in [4.78, 5) is 2.64. The summed E-state index contributed by atoms with van der Waals surface area (Å²) >= 11 is 0. The Balaban J connectivity index is 1.44. The summed E-state index contributed by atoms with van der Waals surface area (Å²) in [7, 11) is 0. The molecule has 0 bridgehead atoms. The molecule has 2 fully saturated rings. The first-order chi connectivity index (χ1) is 10.3. The third-order valence-corrected chi connectivity index (χ3v) is 4.61. The normalized spacial score (nSPS) is 18.4. The summed E-state index contributed by atoms with van der Waals surface area (Å²) in [6.07, 6.45) is 8.09. The molecule has 1 aromatic rings. The zero-order valence-corrected chi connectivity index (χ0v) is 13.5. The molecule has 2 aliphatic rings. The fourth-order valence-electron chi connectivity index (χ4n) is 2.99. The molecular weight excluding hydrogens is 256 g/mol. The Morgan fingerprint density at radius 3 is 2.38 bits per heavy atom. The van der Waals surface area contributed by atoms with Gasteiger partial charge in [0.2, 0.25) is 0 Å². The van der Waals surface area contributed by atoms with Crippen LogP contribution in [0.1, 0.15) is 50.2 Å². The zero-order chi connectivity index (χ0) is 14.5. The first-order valence-corrected chi connectivity index (χ1v) is 8.87. The highest BCUT2D eigenvalue weighted by atomic mass is 15.1. The Morgan fingerprint density at radius 1 is 1.05 bits per heavy atom. The second kappa shape index (κ2) is 7.42. The van der Waals surface area contributed by atoms with Gasteiger partial charge in [0.25, 0.3) is 0 Å². The van der Waals surface area contributed by atoms with Gasteiger partial charge >= 0.3 is 0 Å². The number of rotatable bonds is 10. The minimum absolute atomic E-state index is 0.828. The van der Waals surface area contributed by atoms with E-state index in [0.29, 0.717) is 0 Å². The molecule has 0 aromatic heterocycles. The highest BCUT2D eigenvalue weighted by Gasteiger charge is 2.23. The SMILES string of the molecule is CCCN(Cc1ccc(CCNC2CC2)cc1)CC1CC1. The van der Waals surface area contributed by atoms with Crippen LogP contribution in [0.15, 0.2) is 24.3 Å². The number of nitrogens with one attached hydrogen (secondary N) is 1. The van der Waals surface area contributed by atoms with E-state index in [4.69, 9.17) is 0 Å². The molecule has 0 radical (unpaired) electrons. The molecule has 2 nitrogen and oxygen atoms in total. The molecule has 0 aliphatic heterocycles. The van der Waals surface area contributed by atoms with Gasteiger partial charge in [0, 0.05) is 19.1 Å². The van der Waals surface area contributed by atoms with Crippen LogP contribution in [-0.2, 0) is 13.0 Å². The molecule has 0 heterocycles. The van der Waals surface area contributed by atoms with Gasteiger partial charge in [-0.3, -0.25) is 4.90 Å². The Bertz CT molecular complexity index is 418. The van der Waals surface area contributed by atoms with Crippen LogP contribution in [0.2, 0.25) is 0 Å². The van der Waals surface area contributed by atoms with E-state index in [2.05, 4.69) is 41.4 Å². The van der Waals surface area contributed by atoms with Gasteiger partial charge in [0.1, 0.15) is 0 Å². The standard InChI is InChI=1S/C19H30N2/c1-2-13-21(15-18-7-8-18)14-17-5-3-16(4-6-17)11-12-20-19-9-10-19/h3-6,18-20H,2,7-15H2,1H3. The third-order valence-electron chi connectivity index (χ3n) is 4.61. The van der Waals surface area contributed by atoms with Crippen molar-refractivity contribution in [2.75, 3.05) is 19.6 Å². The molecule has 2 saturated carbocycles. The number of benzene rings is 1. The van der Waals surface area contributed by atoms with Crippen molar-refractivity contribution in [3.8, 4) is 0 Å². The lowest BCUT2D eigenvalue weighted by Crippen LogP contribution is -2.26. The Hall–Kier alpha value is -0.860. The molecule has 3 rings (SSSR count). The van der Waals surface area contributed by atoms with E-state index in [-0.39, 0.29) is 0 Å². The molecule has 2 heteroatoms. The van der Waals surface area contributed by atoms with Gasteiger partial charge in [-0.1, -0.05) is 31.2 Å². The van der Waals surface area contributed by atoms with Crippen LogP contribution in [0.3, 0.4) is 0 Å². The highest BCUT2D eigenvalue weighted by molar-refractivity contribution is 5.22. The van der Waals surface area contributed by atoms with Crippen molar-refractivity contribution in [3.05, 3.63) is 35.4 Å². The number of hydrogen-bond acceptors (Lipinski definition) is 2. The molecule has 2 aliphatic carbocycles. The smallest absolute Gasteiger partial charge is 0.0233 e. The molecule has 0 spiro atoms. The van der Waals surface area contributed by atoms with Gasteiger partial charge < -0.3 is 5.32 Å². The molecule has 0 amide bonds. The van der Waals surface area contributed by atoms with Crippen LogP contribution in [0.5, 0.6) is 0 Å². The summed E-state index contributed by atoms with van der Waals surface area (Å²) in [5, 5.41) is 3.59. The average molecular weight is 286 g/mol. The van der Waals surface area contributed by atoms with E-state index >= 15 is 0 Å². The maximum absolute atomic E-state index is 3.59. The number of hydrogen-bond donors (Lipinski definition) is 1. The fraction of sp³-hybridized carbons (Fsp3) is 0.684. The van der Waals surface area contributed by atoms with E-state index in [1.807, 2.05) is 0 Å². The minimum Gasteiger partial charge on any atom is -0.314 e. The highest BCUT2D eigenvalue weighted by Crippen LogP contribution is 2.30. The lowest BCUT2D eigenvalue weighted by atomic mass is 10.1. The third kappa shape index (κ3) is 5.44. The van der Waals surface area contributed by atoms with Gasteiger partial charge in [-0.2, -0.15) is 0 Å². The van der Waals surface area contributed by atoms with Gasteiger partial charge in [-0.05, 0) is 68.7 Å². The molecule has 0 atom stereocenters. The van der Waals surface area contributed by atoms with Gasteiger partial charge in [-0.15, -0.1) is 0 Å². The molecular formula is C19H30N2. The van der Waals surface area contributed by atoms with E-state index in [0.717, 1.165) is 31.5 Å². The van der Waals surface area contributed by atoms with Crippen LogP contribution in [0, 0.1) is 5.92 Å². The Morgan fingerprint density at radius 2 is 1.76 bits per heavy atom. The monoisotopic (exact) mass is 286 g/mol. The van der Waals surface area contributed by atoms with Crippen LogP contribution >= 0.6 is 0 Å². The lowest BCUT2D eigenvalue weighted by Gasteiger charge is -2.21. The van der Waals surface area contributed by atoms with Crippen molar-refractivity contribution in [2.24, 2.45) is 5.92 Å². The van der Waals surface area contributed by atoms with Crippen LogP contribution in [0.4, 0.5) is 0 Å². The first-order valence-electron chi connectivity index (χ1n) is 8.87. The Kier molecular flexibility index (Phi) is 5.32. The molecule has 1 N–H and O–H groups in total. The van der Waals surface area contributed by atoms with Crippen molar-refractivity contribution < 1.29 is 0 Å². The Labute approximate surface area is 129 Å². The number of nitrogens with zero attached hydrogens (tertiary/aromatic N) is 1. The van der Waals surface area contributed by atoms with Crippen LogP contribution in [0.25, 0.3) is 0 Å². The van der Waals surface area contributed by atoms with Crippen molar-refractivity contribution in [2.45, 2.75) is 58.0 Å². The summed E-state index contributed by atoms with van der Waals surface area (Å²) in [5.41, 5.74) is 2.94. The summed E-state index contributed by atoms with van der Waals surface area (Å²) in [5.74, 6) is 0.990. The molecule has 0 unspecified atom stereocenters.